The highest BCUT2D eigenvalue weighted by molar-refractivity contribution is 5.90. The predicted molar refractivity (Wildman–Crippen MR) is 94.6 cm³/mol. The van der Waals surface area contributed by atoms with E-state index in [0.29, 0.717) is 24.3 Å². The van der Waals surface area contributed by atoms with E-state index in [4.69, 9.17) is 25.2 Å². The van der Waals surface area contributed by atoms with Crippen molar-refractivity contribution in [2.24, 2.45) is 0 Å². The van der Waals surface area contributed by atoms with Crippen LogP contribution in [0.4, 0.5) is 0 Å². The molecule has 0 unspecified atom stereocenters. The van der Waals surface area contributed by atoms with E-state index in [1.54, 1.807) is 0 Å². The van der Waals surface area contributed by atoms with Gasteiger partial charge in [-0.3, -0.25) is 4.90 Å². The molecule has 1 aliphatic rings. The van der Waals surface area contributed by atoms with Crippen molar-refractivity contribution in [3.8, 4) is 0 Å². The first-order valence-electron chi connectivity index (χ1n) is 7.97. The van der Waals surface area contributed by atoms with Crippen LogP contribution in [0, 0.1) is 0 Å². The van der Waals surface area contributed by atoms with Gasteiger partial charge < -0.3 is 30.5 Å². The SMILES string of the molecule is CCOCCN1CCNCC1.O=C(O)C=CC(=O)O.O=C(O)C=CC(=O)O. The van der Waals surface area contributed by atoms with Gasteiger partial charge in [-0.1, -0.05) is 0 Å². The van der Waals surface area contributed by atoms with Gasteiger partial charge in [0, 0.05) is 63.6 Å². The third kappa shape index (κ3) is 25.6. The second kappa shape index (κ2) is 18.0. The Kier molecular flexibility index (Phi) is 17.7. The number of ether oxygens (including phenoxy) is 1. The summed E-state index contributed by atoms with van der Waals surface area (Å²) in [6.45, 7) is 9.47. The maximum Gasteiger partial charge on any atom is 0.328 e. The Hall–Kier alpha value is -2.76. The fourth-order valence-corrected chi connectivity index (χ4v) is 1.56. The van der Waals surface area contributed by atoms with Crippen LogP contribution in [0.2, 0.25) is 0 Å². The second-order valence-electron chi connectivity index (χ2n) is 4.81. The minimum absolute atomic E-state index is 0.558. The minimum atomic E-state index is -1.26. The Balaban J connectivity index is 0. The van der Waals surface area contributed by atoms with E-state index in [1.807, 2.05) is 6.92 Å². The van der Waals surface area contributed by atoms with E-state index in [0.717, 1.165) is 32.8 Å². The lowest BCUT2D eigenvalue weighted by molar-refractivity contribution is -0.134. The van der Waals surface area contributed by atoms with Crippen molar-refractivity contribution in [2.75, 3.05) is 45.9 Å². The number of hydrogen-bond donors (Lipinski definition) is 5. The molecule has 1 saturated heterocycles. The van der Waals surface area contributed by atoms with Crippen molar-refractivity contribution >= 4 is 23.9 Å². The topological polar surface area (TPSA) is 174 Å². The van der Waals surface area contributed by atoms with E-state index in [2.05, 4.69) is 10.2 Å². The molecule has 0 aromatic carbocycles. The molecule has 5 N–H and O–H groups in total. The van der Waals surface area contributed by atoms with Crippen molar-refractivity contribution in [3.63, 3.8) is 0 Å². The van der Waals surface area contributed by atoms with Crippen LogP contribution in [-0.2, 0) is 23.9 Å². The molecular weight excluding hydrogens is 364 g/mol. The summed E-state index contributed by atoms with van der Waals surface area (Å²) in [4.78, 5) is 40.7. The van der Waals surface area contributed by atoms with Crippen LogP contribution in [0.5, 0.6) is 0 Å². The van der Waals surface area contributed by atoms with Crippen molar-refractivity contribution in [3.05, 3.63) is 24.3 Å². The van der Waals surface area contributed by atoms with Crippen LogP contribution in [0.3, 0.4) is 0 Å². The smallest absolute Gasteiger partial charge is 0.328 e. The van der Waals surface area contributed by atoms with Crippen LogP contribution in [0.1, 0.15) is 6.92 Å². The molecule has 1 heterocycles. The summed E-state index contributed by atoms with van der Waals surface area (Å²) in [5.74, 6) is -5.03. The number of nitrogens with zero attached hydrogens (tertiary/aromatic N) is 1. The highest BCUT2D eigenvalue weighted by Gasteiger charge is 2.07. The molecule has 1 aliphatic heterocycles. The van der Waals surface area contributed by atoms with Gasteiger partial charge in [0.15, 0.2) is 0 Å². The zero-order valence-electron chi connectivity index (χ0n) is 15.0. The molecular formula is C16H26N2O9. The Bertz CT molecular complexity index is 446. The number of carbonyl (C=O) groups is 4. The number of aliphatic carboxylic acids is 4. The maximum absolute atomic E-state index is 9.55. The minimum Gasteiger partial charge on any atom is -0.478 e. The molecule has 0 aromatic heterocycles. The number of carboxylic acids is 4. The molecule has 0 spiro atoms. The van der Waals surface area contributed by atoms with Crippen molar-refractivity contribution in [2.45, 2.75) is 6.92 Å². The molecule has 0 radical (unpaired) electrons. The van der Waals surface area contributed by atoms with Crippen LogP contribution < -0.4 is 5.32 Å². The van der Waals surface area contributed by atoms with Gasteiger partial charge in [-0.2, -0.15) is 0 Å². The van der Waals surface area contributed by atoms with Gasteiger partial charge in [0.05, 0.1) is 6.61 Å². The molecule has 0 aromatic rings. The summed E-state index contributed by atoms with van der Waals surface area (Å²) < 4.78 is 5.27. The third-order valence-corrected chi connectivity index (χ3v) is 2.70. The predicted octanol–water partition coefficient (Wildman–Crippen LogP) is -0.648. The first-order chi connectivity index (χ1) is 12.7. The Morgan fingerprint density at radius 2 is 1.22 bits per heavy atom. The van der Waals surface area contributed by atoms with Crippen LogP contribution >= 0.6 is 0 Å². The molecule has 1 rings (SSSR count). The number of carboxylic acid groups (broad SMARTS) is 4. The van der Waals surface area contributed by atoms with Gasteiger partial charge in [0.1, 0.15) is 0 Å². The van der Waals surface area contributed by atoms with E-state index < -0.39 is 23.9 Å². The standard InChI is InChI=1S/C8H18N2O.2C4H4O4/c1-2-11-8-7-10-5-3-9-4-6-10;2*5-3(6)1-2-4(7)8/h9H,2-8H2,1H3;2*1-2H,(H,5,6)(H,7,8). The Morgan fingerprint density at radius 1 is 0.852 bits per heavy atom. The average molecular weight is 390 g/mol. The molecule has 0 amide bonds. The van der Waals surface area contributed by atoms with Gasteiger partial charge in [0.25, 0.3) is 0 Å². The number of piperazine rings is 1. The summed E-state index contributed by atoms with van der Waals surface area (Å²) >= 11 is 0. The highest BCUT2D eigenvalue weighted by Crippen LogP contribution is 1.91. The van der Waals surface area contributed by atoms with E-state index in [9.17, 15) is 19.2 Å². The first-order valence-corrected chi connectivity index (χ1v) is 7.97. The third-order valence-electron chi connectivity index (χ3n) is 2.70. The summed E-state index contributed by atoms with van der Waals surface area (Å²) in [5, 5.41) is 34.6. The first kappa shape index (κ1) is 26.5. The lowest BCUT2D eigenvalue weighted by Gasteiger charge is -2.26. The Morgan fingerprint density at radius 3 is 1.52 bits per heavy atom. The summed E-state index contributed by atoms with van der Waals surface area (Å²) in [5.41, 5.74) is 0. The Labute approximate surface area is 156 Å². The molecule has 0 aliphatic carbocycles. The van der Waals surface area contributed by atoms with Gasteiger partial charge >= 0.3 is 23.9 Å². The molecule has 0 saturated carbocycles. The lowest BCUT2D eigenvalue weighted by atomic mass is 10.4. The van der Waals surface area contributed by atoms with Crippen LogP contribution in [-0.4, -0.2) is 95.1 Å². The number of rotatable bonds is 8. The summed E-state index contributed by atoms with van der Waals surface area (Å²) in [7, 11) is 0. The highest BCUT2D eigenvalue weighted by atomic mass is 16.5. The molecule has 0 bridgehead atoms. The quantitative estimate of drug-likeness (QED) is 0.263. The van der Waals surface area contributed by atoms with Crippen LogP contribution in [0.25, 0.3) is 0 Å². The van der Waals surface area contributed by atoms with Gasteiger partial charge in [-0.25, -0.2) is 19.2 Å². The largest absolute Gasteiger partial charge is 0.478 e. The van der Waals surface area contributed by atoms with E-state index >= 15 is 0 Å². The fourth-order valence-electron chi connectivity index (χ4n) is 1.56. The van der Waals surface area contributed by atoms with Crippen molar-refractivity contribution in [1.82, 2.24) is 10.2 Å². The fraction of sp³-hybridized carbons (Fsp3) is 0.500. The molecule has 27 heavy (non-hydrogen) atoms. The second-order valence-corrected chi connectivity index (χ2v) is 4.81. The summed E-state index contributed by atoms with van der Waals surface area (Å²) in [6.07, 6.45) is 2.23. The number of hydrogen-bond acceptors (Lipinski definition) is 7. The average Bonchev–Trinajstić information content (AvgIpc) is 2.60. The van der Waals surface area contributed by atoms with Gasteiger partial charge in [-0.15, -0.1) is 0 Å². The van der Waals surface area contributed by atoms with Crippen molar-refractivity contribution < 1.29 is 44.3 Å². The van der Waals surface area contributed by atoms with Gasteiger partial charge in [0.2, 0.25) is 0 Å². The molecule has 11 nitrogen and oxygen atoms in total. The van der Waals surface area contributed by atoms with Crippen molar-refractivity contribution in [1.29, 1.82) is 0 Å². The van der Waals surface area contributed by atoms with Gasteiger partial charge in [-0.05, 0) is 6.92 Å². The normalized spacial score (nSPS) is 14.0. The van der Waals surface area contributed by atoms with Crippen LogP contribution in [0.15, 0.2) is 24.3 Å². The monoisotopic (exact) mass is 390 g/mol. The zero-order valence-corrected chi connectivity index (χ0v) is 15.0. The molecule has 1 fully saturated rings. The summed E-state index contributed by atoms with van der Waals surface area (Å²) in [6, 6.07) is 0. The molecule has 11 heteroatoms. The molecule has 0 atom stereocenters. The lowest BCUT2D eigenvalue weighted by Crippen LogP contribution is -2.44. The molecule has 154 valence electrons. The van der Waals surface area contributed by atoms with E-state index in [1.165, 1.54) is 13.1 Å². The number of nitrogens with one attached hydrogen (secondary N) is 1. The zero-order chi connectivity index (χ0) is 21.1. The van der Waals surface area contributed by atoms with E-state index in [-0.39, 0.29) is 0 Å². The maximum atomic E-state index is 9.55.